The molecule has 1 amide bonds. The van der Waals surface area contributed by atoms with Crippen LogP contribution in [0, 0.1) is 13.8 Å². The number of anilines is 1. The summed E-state index contributed by atoms with van der Waals surface area (Å²) < 4.78 is 15.9. The number of carbonyl (C=O) groups is 1. The number of ether oxygens (including phenoxy) is 3. The first-order valence-electron chi connectivity index (χ1n) is 7.93. The van der Waals surface area contributed by atoms with E-state index in [-0.39, 0.29) is 12.7 Å². The molecule has 0 fully saturated rings. The van der Waals surface area contributed by atoms with E-state index in [1.807, 2.05) is 25.1 Å². The van der Waals surface area contributed by atoms with Crippen molar-refractivity contribution in [2.75, 3.05) is 18.7 Å². The molecule has 7 heteroatoms. The van der Waals surface area contributed by atoms with E-state index in [1.165, 1.54) is 6.08 Å². The molecule has 0 spiro atoms. The highest BCUT2D eigenvalue weighted by Crippen LogP contribution is 2.32. The summed E-state index contributed by atoms with van der Waals surface area (Å²) in [5, 5.41) is 2.81. The van der Waals surface area contributed by atoms with Gasteiger partial charge in [0, 0.05) is 6.08 Å². The predicted molar refractivity (Wildman–Crippen MR) is 92.9 cm³/mol. The summed E-state index contributed by atoms with van der Waals surface area (Å²) in [6.07, 6.45) is 3.16. The van der Waals surface area contributed by atoms with Crippen LogP contribution in [0.3, 0.4) is 0 Å². The van der Waals surface area contributed by atoms with Crippen molar-refractivity contribution in [2.24, 2.45) is 0 Å². The van der Waals surface area contributed by atoms with Gasteiger partial charge in [-0.3, -0.25) is 4.79 Å². The summed E-state index contributed by atoms with van der Waals surface area (Å²) in [5.41, 5.74) is 2.74. The molecule has 0 aliphatic carbocycles. The summed E-state index contributed by atoms with van der Waals surface area (Å²) in [4.78, 5) is 20.7. The number of fused-ring (bicyclic) bond motifs is 1. The highest BCUT2D eigenvalue weighted by Gasteiger charge is 2.13. The number of hydrogen-bond donors (Lipinski definition) is 1. The Hall–Kier alpha value is -3.09. The molecular weight excluding hydrogens is 322 g/mol. The quantitative estimate of drug-likeness (QED) is 0.842. The van der Waals surface area contributed by atoms with Gasteiger partial charge in [0.2, 0.25) is 12.7 Å². The SMILES string of the molecule is CCOc1nc(C)c(NC(=O)/C=C/c2ccc3c(c2)OCO3)c(C)n1. The average molecular weight is 341 g/mol. The van der Waals surface area contributed by atoms with Crippen molar-refractivity contribution in [3.8, 4) is 17.5 Å². The summed E-state index contributed by atoms with van der Waals surface area (Å²) in [5.74, 6) is 1.12. The maximum atomic E-state index is 12.2. The number of hydrogen-bond acceptors (Lipinski definition) is 6. The number of nitrogens with one attached hydrogen (secondary N) is 1. The summed E-state index contributed by atoms with van der Waals surface area (Å²) in [6.45, 7) is 6.18. The van der Waals surface area contributed by atoms with E-state index in [0.29, 0.717) is 41.2 Å². The van der Waals surface area contributed by atoms with Crippen molar-refractivity contribution < 1.29 is 19.0 Å². The Morgan fingerprint density at radius 1 is 1.24 bits per heavy atom. The van der Waals surface area contributed by atoms with Crippen LogP contribution in [0.15, 0.2) is 24.3 Å². The molecule has 2 aromatic rings. The molecule has 7 nitrogen and oxygen atoms in total. The van der Waals surface area contributed by atoms with Crippen LogP contribution < -0.4 is 19.5 Å². The lowest BCUT2D eigenvalue weighted by Gasteiger charge is -2.10. The second-order valence-corrected chi connectivity index (χ2v) is 5.42. The minimum absolute atomic E-state index is 0.222. The van der Waals surface area contributed by atoms with E-state index in [4.69, 9.17) is 14.2 Å². The van der Waals surface area contributed by atoms with Gasteiger partial charge < -0.3 is 19.5 Å². The van der Waals surface area contributed by atoms with Gasteiger partial charge in [-0.15, -0.1) is 0 Å². The predicted octanol–water partition coefficient (Wildman–Crippen LogP) is 2.87. The van der Waals surface area contributed by atoms with Crippen molar-refractivity contribution in [2.45, 2.75) is 20.8 Å². The van der Waals surface area contributed by atoms with E-state index in [0.717, 1.165) is 5.56 Å². The third-order valence-corrected chi connectivity index (χ3v) is 3.60. The number of aryl methyl sites for hydroxylation is 2. The molecular formula is C18H19N3O4. The molecule has 1 aromatic heterocycles. The van der Waals surface area contributed by atoms with Crippen LogP contribution in [-0.2, 0) is 4.79 Å². The number of carbonyl (C=O) groups excluding carboxylic acids is 1. The number of nitrogens with zero attached hydrogens (tertiary/aromatic N) is 2. The van der Waals surface area contributed by atoms with E-state index >= 15 is 0 Å². The van der Waals surface area contributed by atoms with Gasteiger partial charge in [-0.2, -0.15) is 9.97 Å². The summed E-state index contributed by atoms with van der Waals surface area (Å²) in [7, 11) is 0. The van der Waals surface area contributed by atoms with Gasteiger partial charge in [0.1, 0.15) is 0 Å². The van der Waals surface area contributed by atoms with Crippen LogP contribution in [0.5, 0.6) is 17.5 Å². The van der Waals surface area contributed by atoms with E-state index in [9.17, 15) is 4.79 Å². The summed E-state index contributed by atoms with van der Waals surface area (Å²) in [6, 6.07) is 5.80. The van der Waals surface area contributed by atoms with Crippen LogP contribution >= 0.6 is 0 Å². The fourth-order valence-corrected chi connectivity index (χ4v) is 2.41. The lowest BCUT2D eigenvalue weighted by atomic mass is 10.2. The van der Waals surface area contributed by atoms with E-state index in [2.05, 4.69) is 15.3 Å². The van der Waals surface area contributed by atoms with Crippen LogP contribution in [0.2, 0.25) is 0 Å². The molecule has 0 radical (unpaired) electrons. The minimum Gasteiger partial charge on any atom is -0.464 e. The zero-order valence-corrected chi connectivity index (χ0v) is 14.3. The first kappa shape index (κ1) is 16.8. The number of rotatable bonds is 5. The lowest BCUT2D eigenvalue weighted by Crippen LogP contribution is -2.13. The molecule has 3 rings (SSSR count). The van der Waals surface area contributed by atoms with Gasteiger partial charge in [-0.1, -0.05) is 6.07 Å². The third kappa shape index (κ3) is 3.88. The van der Waals surface area contributed by atoms with Crippen LogP contribution in [-0.4, -0.2) is 29.3 Å². The van der Waals surface area contributed by atoms with Gasteiger partial charge in [0.15, 0.2) is 11.5 Å². The Morgan fingerprint density at radius 3 is 2.68 bits per heavy atom. The topological polar surface area (TPSA) is 82.6 Å². The first-order valence-corrected chi connectivity index (χ1v) is 7.93. The number of aromatic nitrogens is 2. The first-order chi connectivity index (χ1) is 12.1. The van der Waals surface area contributed by atoms with Crippen molar-refractivity contribution >= 4 is 17.7 Å². The van der Waals surface area contributed by atoms with Crippen molar-refractivity contribution in [3.63, 3.8) is 0 Å². The molecule has 0 unspecified atom stereocenters. The van der Waals surface area contributed by atoms with Crippen molar-refractivity contribution in [1.29, 1.82) is 0 Å². The maximum Gasteiger partial charge on any atom is 0.316 e. The summed E-state index contributed by atoms with van der Waals surface area (Å²) >= 11 is 0. The largest absolute Gasteiger partial charge is 0.464 e. The second kappa shape index (κ2) is 7.21. The molecule has 2 heterocycles. The smallest absolute Gasteiger partial charge is 0.316 e. The number of amides is 1. The van der Waals surface area contributed by atoms with E-state index in [1.54, 1.807) is 19.9 Å². The highest BCUT2D eigenvalue weighted by molar-refractivity contribution is 6.02. The van der Waals surface area contributed by atoms with Crippen LogP contribution in [0.4, 0.5) is 5.69 Å². The zero-order chi connectivity index (χ0) is 17.8. The van der Waals surface area contributed by atoms with Gasteiger partial charge in [-0.25, -0.2) is 0 Å². The maximum absolute atomic E-state index is 12.2. The second-order valence-electron chi connectivity index (χ2n) is 5.42. The van der Waals surface area contributed by atoms with Gasteiger partial charge in [0.05, 0.1) is 23.7 Å². The van der Waals surface area contributed by atoms with Gasteiger partial charge in [0.25, 0.3) is 0 Å². The lowest BCUT2D eigenvalue weighted by molar-refractivity contribution is -0.111. The average Bonchev–Trinajstić information content (AvgIpc) is 3.04. The Balaban J connectivity index is 1.70. The normalized spacial score (nSPS) is 12.4. The molecule has 1 N–H and O–H groups in total. The molecule has 25 heavy (non-hydrogen) atoms. The molecule has 0 bridgehead atoms. The molecule has 0 atom stereocenters. The monoisotopic (exact) mass is 341 g/mol. The van der Waals surface area contributed by atoms with Crippen LogP contribution in [0.1, 0.15) is 23.9 Å². The molecule has 130 valence electrons. The number of benzene rings is 1. The Labute approximate surface area is 145 Å². The molecule has 0 saturated carbocycles. The molecule has 1 aliphatic heterocycles. The van der Waals surface area contributed by atoms with Gasteiger partial charge in [-0.05, 0) is 44.5 Å². The molecule has 1 aliphatic rings. The fraction of sp³-hybridized carbons (Fsp3) is 0.278. The highest BCUT2D eigenvalue weighted by atomic mass is 16.7. The fourth-order valence-electron chi connectivity index (χ4n) is 2.41. The Bertz CT molecular complexity index is 810. The Kier molecular flexibility index (Phi) is 4.83. The van der Waals surface area contributed by atoms with Gasteiger partial charge >= 0.3 is 6.01 Å². The molecule has 1 aromatic carbocycles. The molecule has 0 saturated heterocycles. The Morgan fingerprint density at radius 2 is 1.96 bits per heavy atom. The zero-order valence-electron chi connectivity index (χ0n) is 14.3. The minimum atomic E-state index is -0.267. The van der Waals surface area contributed by atoms with E-state index < -0.39 is 0 Å². The third-order valence-electron chi connectivity index (χ3n) is 3.60. The standard InChI is InChI=1S/C18H19N3O4/c1-4-23-18-19-11(2)17(12(3)20-18)21-16(22)8-6-13-5-7-14-15(9-13)25-10-24-14/h5-9H,4,10H2,1-3H3,(H,21,22)/b8-6+. The van der Waals surface area contributed by atoms with Crippen LogP contribution in [0.25, 0.3) is 6.08 Å². The van der Waals surface area contributed by atoms with Crippen molar-refractivity contribution in [1.82, 2.24) is 9.97 Å². The van der Waals surface area contributed by atoms with Crippen molar-refractivity contribution in [3.05, 3.63) is 41.2 Å².